The lowest BCUT2D eigenvalue weighted by Crippen LogP contribution is -2.49. The third-order valence-corrected chi connectivity index (χ3v) is 4.79. The number of pyridine rings is 1. The van der Waals surface area contributed by atoms with Crippen molar-refractivity contribution in [2.75, 3.05) is 0 Å². The topological polar surface area (TPSA) is 110 Å². The summed E-state index contributed by atoms with van der Waals surface area (Å²) in [4.78, 5) is 34.2. The maximum Gasteiger partial charge on any atom is 0.405 e. The molecule has 0 aliphatic heterocycles. The van der Waals surface area contributed by atoms with Gasteiger partial charge in [-0.2, -0.15) is 0 Å². The molecule has 138 valence electrons. The van der Waals surface area contributed by atoms with Crippen molar-refractivity contribution in [1.82, 2.24) is 15.2 Å². The third-order valence-electron chi connectivity index (χ3n) is 4.19. The zero-order valence-corrected chi connectivity index (χ0v) is 15.7. The van der Waals surface area contributed by atoms with E-state index in [1.54, 1.807) is 13.2 Å². The SMILES string of the molecule is C[C@H](NC(=O)O)C(=O)N[C@H]1CC[C@H](Oc2cc(=O)n(C)cc2Br)CC1. The molecule has 0 radical (unpaired) electrons. The van der Waals surface area contributed by atoms with Crippen LogP contribution in [0, 0.1) is 0 Å². The Labute approximate surface area is 153 Å². The first kappa shape index (κ1) is 19.3. The molecule has 0 unspecified atom stereocenters. The Kier molecular flexibility index (Phi) is 6.46. The highest BCUT2D eigenvalue weighted by atomic mass is 79.9. The molecule has 1 aromatic heterocycles. The smallest absolute Gasteiger partial charge is 0.405 e. The average Bonchev–Trinajstić information content (AvgIpc) is 2.53. The van der Waals surface area contributed by atoms with Crippen LogP contribution in [-0.4, -0.2) is 39.9 Å². The Bertz CT molecular complexity index is 698. The lowest BCUT2D eigenvalue weighted by atomic mass is 9.92. The first-order valence-electron chi connectivity index (χ1n) is 8.09. The minimum Gasteiger partial charge on any atom is -0.489 e. The van der Waals surface area contributed by atoms with Crippen LogP contribution in [0.15, 0.2) is 21.5 Å². The summed E-state index contributed by atoms with van der Waals surface area (Å²) in [5.74, 6) is 0.191. The fraction of sp³-hybridized carbons (Fsp3) is 0.562. The number of carbonyl (C=O) groups excluding carboxylic acids is 1. The molecule has 1 heterocycles. The summed E-state index contributed by atoms with van der Waals surface area (Å²) in [7, 11) is 1.67. The average molecular weight is 416 g/mol. The van der Waals surface area contributed by atoms with Gasteiger partial charge in [0.25, 0.3) is 5.56 Å². The van der Waals surface area contributed by atoms with E-state index in [1.807, 2.05) is 0 Å². The van der Waals surface area contributed by atoms with Gasteiger partial charge in [0, 0.05) is 25.4 Å². The molecule has 1 aliphatic carbocycles. The summed E-state index contributed by atoms with van der Waals surface area (Å²) in [5, 5.41) is 13.6. The van der Waals surface area contributed by atoms with Crippen molar-refractivity contribution in [2.24, 2.45) is 7.05 Å². The van der Waals surface area contributed by atoms with Gasteiger partial charge < -0.3 is 25.0 Å². The zero-order chi connectivity index (χ0) is 18.6. The van der Waals surface area contributed by atoms with Crippen molar-refractivity contribution in [2.45, 2.75) is 50.8 Å². The minimum atomic E-state index is -1.22. The standard InChI is InChI=1S/C16H22BrN3O5/c1-9(18-16(23)24)15(22)19-10-3-5-11(6-4-10)25-13-7-14(21)20(2)8-12(13)17/h7-11,18H,3-6H2,1-2H3,(H,19,22)(H,23,24)/t9-,10-,11-/m0/s1. The van der Waals surface area contributed by atoms with Crippen LogP contribution in [0.2, 0.25) is 0 Å². The fourth-order valence-corrected chi connectivity index (χ4v) is 3.27. The number of hydrogen-bond acceptors (Lipinski definition) is 4. The molecule has 1 atom stereocenters. The Morgan fingerprint density at radius 3 is 2.60 bits per heavy atom. The molecule has 3 N–H and O–H groups in total. The predicted octanol–water partition coefficient (Wildman–Crippen LogP) is 1.61. The minimum absolute atomic E-state index is 0.00233. The number of halogens is 1. The molecule has 0 spiro atoms. The number of aromatic nitrogens is 1. The maximum atomic E-state index is 11.9. The number of nitrogens with zero attached hydrogens (tertiary/aromatic N) is 1. The zero-order valence-electron chi connectivity index (χ0n) is 14.1. The van der Waals surface area contributed by atoms with Gasteiger partial charge in [-0.25, -0.2) is 4.79 Å². The number of nitrogens with one attached hydrogen (secondary N) is 2. The summed E-state index contributed by atoms with van der Waals surface area (Å²) in [6.45, 7) is 1.51. The highest BCUT2D eigenvalue weighted by Crippen LogP contribution is 2.28. The van der Waals surface area contributed by atoms with Crippen LogP contribution in [0.4, 0.5) is 4.79 Å². The van der Waals surface area contributed by atoms with Gasteiger partial charge in [-0.05, 0) is 48.5 Å². The largest absolute Gasteiger partial charge is 0.489 e. The Morgan fingerprint density at radius 1 is 1.36 bits per heavy atom. The van der Waals surface area contributed by atoms with E-state index in [0.717, 1.165) is 30.2 Å². The number of rotatable bonds is 5. The van der Waals surface area contributed by atoms with Gasteiger partial charge in [0.1, 0.15) is 11.8 Å². The van der Waals surface area contributed by atoms with Crippen molar-refractivity contribution in [1.29, 1.82) is 0 Å². The van der Waals surface area contributed by atoms with Crippen LogP contribution in [0.25, 0.3) is 0 Å². The lowest BCUT2D eigenvalue weighted by molar-refractivity contribution is -0.123. The van der Waals surface area contributed by atoms with E-state index in [-0.39, 0.29) is 23.6 Å². The summed E-state index contributed by atoms with van der Waals surface area (Å²) < 4.78 is 8.10. The lowest BCUT2D eigenvalue weighted by Gasteiger charge is -2.30. The van der Waals surface area contributed by atoms with Gasteiger partial charge in [0.2, 0.25) is 5.91 Å². The van der Waals surface area contributed by atoms with Crippen molar-refractivity contribution in [3.63, 3.8) is 0 Å². The highest BCUT2D eigenvalue weighted by molar-refractivity contribution is 9.10. The second kappa shape index (κ2) is 8.37. The summed E-state index contributed by atoms with van der Waals surface area (Å²) >= 11 is 3.39. The van der Waals surface area contributed by atoms with E-state index in [4.69, 9.17) is 9.84 Å². The maximum absolute atomic E-state index is 11.9. The molecule has 2 rings (SSSR count). The molecule has 0 bridgehead atoms. The number of aryl methyl sites for hydroxylation is 1. The molecule has 25 heavy (non-hydrogen) atoms. The van der Waals surface area contributed by atoms with Crippen LogP contribution in [0.1, 0.15) is 32.6 Å². The van der Waals surface area contributed by atoms with E-state index in [9.17, 15) is 14.4 Å². The molecule has 2 amide bonds. The third kappa shape index (κ3) is 5.48. The van der Waals surface area contributed by atoms with E-state index >= 15 is 0 Å². The quantitative estimate of drug-likeness (QED) is 0.676. The van der Waals surface area contributed by atoms with Crippen LogP contribution >= 0.6 is 15.9 Å². The Morgan fingerprint density at radius 2 is 2.00 bits per heavy atom. The van der Waals surface area contributed by atoms with Crippen molar-refractivity contribution in [3.05, 3.63) is 27.1 Å². The van der Waals surface area contributed by atoms with Gasteiger partial charge in [0.15, 0.2) is 0 Å². The molecule has 0 saturated heterocycles. The van der Waals surface area contributed by atoms with E-state index in [2.05, 4.69) is 26.6 Å². The number of ether oxygens (including phenoxy) is 1. The van der Waals surface area contributed by atoms with Crippen molar-refractivity contribution in [3.8, 4) is 5.75 Å². The number of hydrogen-bond donors (Lipinski definition) is 3. The molecule has 0 aromatic carbocycles. The van der Waals surface area contributed by atoms with Crippen molar-refractivity contribution < 1.29 is 19.4 Å². The normalized spacial score (nSPS) is 21.2. The van der Waals surface area contributed by atoms with Crippen LogP contribution < -0.4 is 20.9 Å². The summed E-state index contributed by atoms with van der Waals surface area (Å²) in [6, 6.07) is 0.664. The van der Waals surface area contributed by atoms with Gasteiger partial charge in [-0.15, -0.1) is 0 Å². The van der Waals surface area contributed by atoms with E-state index < -0.39 is 12.1 Å². The number of carboxylic acid groups (broad SMARTS) is 1. The molecule has 1 saturated carbocycles. The second-order valence-electron chi connectivity index (χ2n) is 6.21. The van der Waals surface area contributed by atoms with Gasteiger partial charge in [0.05, 0.1) is 10.6 Å². The molecular formula is C16H22BrN3O5. The van der Waals surface area contributed by atoms with Gasteiger partial charge in [-0.1, -0.05) is 0 Å². The van der Waals surface area contributed by atoms with Crippen LogP contribution in [-0.2, 0) is 11.8 Å². The highest BCUT2D eigenvalue weighted by Gasteiger charge is 2.26. The molecule has 1 fully saturated rings. The first-order valence-corrected chi connectivity index (χ1v) is 8.88. The second-order valence-corrected chi connectivity index (χ2v) is 7.06. The number of carbonyl (C=O) groups is 2. The Balaban J connectivity index is 1.84. The monoisotopic (exact) mass is 415 g/mol. The summed E-state index contributed by atoms with van der Waals surface area (Å²) in [6.07, 6.45) is 3.38. The molecular weight excluding hydrogens is 394 g/mol. The van der Waals surface area contributed by atoms with Crippen LogP contribution in [0.5, 0.6) is 5.75 Å². The molecule has 1 aromatic rings. The van der Waals surface area contributed by atoms with Gasteiger partial charge >= 0.3 is 6.09 Å². The fourth-order valence-electron chi connectivity index (χ4n) is 2.75. The van der Waals surface area contributed by atoms with E-state index in [1.165, 1.54) is 17.6 Å². The van der Waals surface area contributed by atoms with E-state index in [0.29, 0.717) is 5.75 Å². The van der Waals surface area contributed by atoms with Gasteiger partial charge in [-0.3, -0.25) is 9.59 Å². The summed E-state index contributed by atoms with van der Waals surface area (Å²) in [5.41, 5.74) is -0.140. The molecule has 1 aliphatic rings. The molecule has 9 heteroatoms. The van der Waals surface area contributed by atoms with Crippen LogP contribution in [0.3, 0.4) is 0 Å². The molecule has 8 nitrogen and oxygen atoms in total. The van der Waals surface area contributed by atoms with Crippen molar-refractivity contribution >= 4 is 27.9 Å². The Hall–Kier alpha value is -2.03. The first-order chi connectivity index (χ1) is 11.8. The number of amides is 2. The predicted molar refractivity (Wildman–Crippen MR) is 94.8 cm³/mol.